The van der Waals surface area contributed by atoms with Crippen LogP contribution in [0.1, 0.15) is 18.2 Å². The van der Waals surface area contributed by atoms with Gasteiger partial charge in [-0.25, -0.2) is 8.42 Å². The van der Waals surface area contributed by atoms with E-state index >= 15 is 0 Å². The molecule has 8 heteroatoms. The predicted octanol–water partition coefficient (Wildman–Crippen LogP) is 1.22. The number of hydrogen-bond donors (Lipinski definition) is 1. The summed E-state index contributed by atoms with van der Waals surface area (Å²) in [5, 5.41) is 9.65. The first-order valence-corrected chi connectivity index (χ1v) is 8.74. The van der Waals surface area contributed by atoms with Crippen molar-refractivity contribution in [3.8, 4) is 6.07 Å². The Hall–Kier alpha value is -1.30. The first kappa shape index (κ1) is 15.1. The molecule has 0 amide bonds. The molecule has 0 bridgehead atoms. The molecule has 0 spiro atoms. The van der Waals surface area contributed by atoms with Gasteiger partial charge in [-0.05, 0) is 6.42 Å². The van der Waals surface area contributed by atoms with Gasteiger partial charge in [0.05, 0.1) is 17.5 Å². The number of anilines is 2. The van der Waals surface area contributed by atoms with Crippen molar-refractivity contribution in [2.45, 2.75) is 24.3 Å². The van der Waals surface area contributed by atoms with Gasteiger partial charge in [0, 0.05) is 20.2 Å². The minimum atomic E-state index is -3.46. The quantitative estimate of drug-likeness (QED) is 0.897. The van der Waals surface area contributed by atoms with Gasteiger partial charge in [0.2, 0.25) is 0 Å². The second-order valence-electron chi connectivity index (χ2n) is 4.59. The van der Waals surface area contributed by atoms with Gasteiger partial charge < -0.3 is 15.4 Å². The molecule has 0 aromatic carbocycles. The van der Waals surface area contributed by atoms with Crippen LogP contribution >= 0.6 is 11.3 Å². The zero-order chi connectivity index (χ0) is 14.9. The molecule has 6 nitrogen and oxygen atoms in total. The van der Waals surface area contributed by atoms with Gasteiger partial charge >= 0.3 is 0 Å². The Balaban J connectivity index is 2.51. The highest BCUT2D eigenvalue weighted by atomic mass is 32.2. The van der Waals surface area contributed by atoms with Crippen molar-refractivity contribution in [2.75, 3.05) is 36.6 Å². The number of rotatable bonds is 4. The Labute approximate surface area is 122 Å². The Kier molecular flexibility index (Phi) is 4.22. The van der Waals surface area contributed by atoms with E-state index < -0.39 is 9.84 Å². The van der Waals surface area contributed by atoms with Crippen molar-refractivity contribution in [3.63, 3.8) is 0 Å². The van der Waals surface area contributed by atoms with Crippen LogP contribution in [0.2, 0.25) is 0 Å². The van der Waals surface area contributed by atoms with E-state index in [0.717, 1.165) is 17.8 Å². The van der Waals surface area contributed by atoms with Crippen LogP contribution in [0.4, 0.5) is 10.7 Å². The maximum atomic E-state index is 12.2. The number of nitrogen functional groups attached to an aromatic ring is 1. The van der Waals surface area contributed by atoms with E-state index in [2.05, 4.69) is 0 Å². The molecule has 2 N–H and O–H groups in total. The third-order valence-corrected chi connectivity index (χ3v) is 6.54. The highest BCUT2D eigenvalue weighted by Crippen LogP contribution is 2.42. The fourth-order valence-electron chi connectivity index (χ4n) is 2.26. The molecule has 1 fully saturated rings. The van der Waals surface area contributed by atoms with Crippen LogP contribution < -0.4 is 10.6 Å². The van der Waals surface area contributed by atoms with E-state index in [1.165, 1.54) is 0 Å². The molecule has 2 rings (SSSR count). The van der Waals surface area contributed by atoms with E-state index in [9.17, 15) is 8.42 Å². The smallest absolute Gasteiger partial charge is 0.183 e. The Morgan fingerprint density at radius 3 is 2.80 bits per heavy atom. The van der Waals surface area contributed by atoms with Crippen molar-refractivity contribution in [1.82, 2.24) is 0 Å². The fourth-order valence-corrected chi connectivity index (χ4v) is 4.90. The zero-order valence-corrected chi connectivity index (χ0v) is 13.1. The second kappa shape index (κ2) is 5.60. The molecule has 110 valence electrons. The largest absolute Gasteiger partial charge is 0.396 e. The lowest BCUT2D eigenvalue weighted by Gasteiger charge is -2.18. The van der Waals surface area contributed by atoms with Crippen molar-refractivity contribution in [3.05, 3.63) is 4.88 Å². The average molecular weight is 315 g/mol. The lowest BCUT2D eigenvalue weighted by molar-refractivity contribution is 0.121. The molecule has 1 atom stereocenters. The van der Waals surface area contributed by atoms with Gasteiger partial charge in [0.15, 0.2) is 9.84 Å². The van der Waals surface area contributed by atoms with E-state index in [-0.39, 0.29) is 27.3 Å². The Bertz CT molecular complexity index is 646. The summed E-state index contributed by atoms with van der Waals surface area (Å²) in [5.74, 6) is -0.0344. The molecule has 1 aliphatic heterocycles. The molecule has 1 saturated heterocycles. The minimum absolute atomic E-state index is 0.0344. The molecule has 0 saturated carbocycles. The molecule has 20 heavy (non-hydrogen) atoms. The van der Waals surface area contributed by atoms with Gasteiger partial charge in [-0.2, -0.15) is 5.26 Å². The number of nitrogens with zero attached hydrogens (tertiary/aromatic N) is 2. The minimum Gasteiger partial charge on any atom is -0.396 e. The van der Waals surface area contributed by atoms with Crippen LogP contribution in [-0.4, -0.2) is 40.5 Å². The second-order valence-corrected chi connectivity index (χ2v) is 7.80. The number of thiophene rings is 1. The van der Waals surface area contributed by atoms with E-state index in [4.69, 9.17) is 15.7 Å². The molecule has 0 aliphatic carbocycles. The highest BCUT2D eigenvalue weighted by Gasteiger charge is 2.32. The summed E-state index contributed by atoms with van der Waals surface area (Å²) in [6, 6.07) is 1.97. The van der Waals surface area contributed by atoms with Gasteiger partial charge in [-0.1, -0.05) is 6.92 Å². The summed E-state index contributed by atoms with van der Waals surface area (Å²) in [7, 11) is -1.82. The molecule has 2 heterocycles. The predicted molar refractivity (Wildman–Crippen MR) is 78.8 cm³/mol. The third-order valence-electron chi connectivity index (χ3n) is 3.44. The van der Waals surface area contributed by atoms with Crippen molar-refractivity contribution in [1.29, 1.82) is 5.26 Å². The fraction of sp³-hybridized carbons (Fsp3) is 0.583. The SMILES string of the molecule is CCS(=O)(=O)c1c(N2CCC(OC)C2)sc(C#N)c1N. The van der Waals surface area contributed by atoms with Crippen LogP contribution in [0.15, 0.2) is 4.90 Å². The lowest BCUT2D eigenvalue weighted by Crippen LogP contribution is -2.23. The Morgan fingerprint density at radius 1 is 1.60 bits per heavy atom. The highest BCUT2D eigenvalue weighted by molar-refractivity contribution is 7.91. The summed E-state index contributed by atoms with van der Waals surface area (Å²) < 4.78 is 29.8. The molecule has 1 aromatic rings. The first-order valence-electron chi connectivity index (χ1n) is 6.27. The summed E-state index contributed by atoms with van der Waals surface area (Å²) in [6.07, 6.45) is 0.919. The molecule has 0 radical (unpaired) electrons. The van der Waals surface area contributed by atoms with Gasteiger partial charge in [0.1, 0.15) is 20.8 Å². The lowest BCUT2D eigenvalue weighted by atomic mass is 10.3. The van der Waals surface area contributed by atoms with Crippen LogP contribution in [0, 0.1) is 11.3 Å². The van der Waals surface area contributed by atoms with Crippen molar-refractivity contribution in [2.24, 2.45) is 0 Å². The van der Waals surface area contributed by atoms with Crippen molar-refractivity contribution < 1.29 is 13.2 Å². The average Bonchev–Trinajstić information content (AvgIpc) is 3.02. The number of methoxy groups -OCH3 is 1. The van der Waals surface area contributed by atoms with Gasteiger partial charge in [0.25, 0.3) is 0 Å². The number of sulfone groups is 1. The zero-order valence-electron chi connectivity index (χ0n) is 11.4. The van der Waals surface area contributed by atoms with Crippen LogP contribution in [0.5, 0.6) is 0 Å². The number of nitrogens with two attached hydrogens (primary N) is 1. The molecule has 1 aromatic heterocycles. The van der Waals surface area contributed by atoms with Crippen LogP contribution in [0.3, 0.4) is 0 Å². The van der Waals surface area contributed by atoms with Gasteiger partial charge in [-0.15, -0.1) is 11.3 Å². The van der Waals surface area contributed by atoms with E-state index in [0.29, 0.717) is 18.1 Å². The standard InChI is InChI=1S/C12H17N3O3S2/c1-3-20(16,17)11-10(14)9(6-13)19-12(11)15-5-4-8(7-15)18-2/h8H,3-5,7,14H2,1-2H3. The number of nitriles is 1. The summed E-state index contributed by atoms with van der Waals surface area (Å²) in [4.78, 5) is 2.31. The third kappa shape index (κ3) is 2.49. The molecular formula is C12H17N3O3S2. The number of ether oxygens (including phenoxy) is 1. The molecule has 1 aliphatic rings. The summed E-state index contributed by atoms with van der Waals surface area (Å²) in [6.45, 7) is 2.90. The molecule has 1 unspecified atom stereocenters. The van der Waals surface area contributed by atoms with Gasteiger partial charge in [-0.3, -0.25) is 0 Å². The van der Waals surface area contributed by atoms with Crippen LogP contribution in [0.25, 0.3) is 0 Å². The summed E-state index contributed by atoms with van der Waals surface area (Å²) in [5.41, 5.74) is 5.94. The topological polar surface area (TPSA) is 96.4 Å². The first-order chi connectivity index (χ1) is 9.44. The number of hydrogen-bond acceptors (Lipinski definition) is 7. The normalized spacial score (nSPS) is 19.2. The maximum Gasteiger partial charge on any atom is 0.183 e. The van der Waals surface area contributed by atoms with E-state index in [1.54, 1.807) is 14.0 Å². The Morgan fingerprint density at radius 2 is 2.30 bits per heavy atom. The van der Waals surface area contributed by atoms with Crippen molar-refractivity contribution >= 4 is 31.9 Å². The summed E-state index contributed by atoms with van der Waals surface area (Å²) >= 11 is 1.14. The monoisotopic (exact) mass is 315 g/mol. The maximum absolute atomic E-state index is 12.2. The van der Waals surface area contributed by atoms with Crippen LogP contribution in [-0.2, 0) is 14.6 Å². The van der Waals surface area contributed by atoms with E-state index in [1.807, 2.05) is 11.0 Å². The molecular weight excluding hydrogens is 298 g/mol.